The molecule has 0 heterocycles. The molecule has 0 saturated heterocycles. The molecule has 0 spiro atoms. The standard InChI is InChI=1S/C9H12O4/c1-5(8(10)12-2)6-4-7(6)9(11)13-3/h6-7H,1,4H2,2-3H3/t6-,7+/m1/s1. The molecule has 13 heavy (non-hydrogen) atoms. The Bertz CT molecular complexity index is 256. The van der Waals surface area contributed by atoms with E-state index in [0.29, 0.717) is 12.0 Å². The van der Waals surface area contributed by atoms with E-state index in [2.05, 4.69) is 16.1 Å². The Morgan fingerprint density at radius 1 is 1.23 bits per heavy atom. The zero-order valence-electron chi connectivity index (χ0n) is 7.70. The molecule has 0 N–H and O–H groups in total. The van der Waals surface area contributed by atoms with Crippen molar-refractivity contribution in [3.05, 3.63) is 12.2 Å². The molecule has 0 aliphatic heterocycles. The van der Waals surface area contributed by atoms with Gasteiger partial charge < -0.3 is 9.47 Å². The summed E-state index contributed by atoms with van der Waals surface area (Å²) in [4.78, 5) is 22.0. The number of esters is 2. The van der Waals surface area contributed by atoms with Crippen LogP contribution in [0.1, 0.15) is 6.42 Å². The van der Waals surface area contributed by atoms with Crippen molar-refractivity contribution in [3.8, 4) is 0 Å². The smallest absolute Gasteiger partial charge is 0.333 e. The summed E-state index contributed by atoms with van der Waals surface area (Å²) in [5.41, 5.74) is 0.359. The van der Waals surface area contributed by atoms with E-state index in [4.69, 9.17) is 0 Å². The van der Waals surface area contributed by atoms with E-state index in [1.165, 1.54) is 14.2 Å². The molecule has 1 aliphatic rings. The third-order valence-corrected chi connectivity index (χ3v) is 2.19. The van der Waals surface area contributed by atoms with Gasteiger partial charge in [-0.2, -0.15) is 0 Å². The van der Waals surface area contributed by atoms with Crippen molar-refractivity contribution in [2.75, 3.05) is 14.2 Å². The summed E-state index contributed by atoms with van der Waals surface area (Å²) in [6, 6.07) is 0. The van der Waals surface area contributed by atoms with Crippen LogP contribution in [-0.2, 0) is 19.1 Å². The van der Waals surface area contributed by atoms with E-state index in [9.17, 15) is 9.59 Å². The molecule has 0 unspecified atom stereocenters. The van der Waals surface area contributed by atoms with E-state index < -0.39 is 5.97 Å². The highest BCUT2D eigenvalue weighted by molar-refractivity contribution is 5.91. The second kappa shape index (κ2) is 3.60. The molecule has 4 heteroatoms. The number of hydrogen-bond donors (Lipinski definition) is 0. The van der Waals surface area contributed by atoms with Crippen molar-refractivity contribution in [2.24, 2.45) is 11.8 Å². The number of ether oxygens (including phenoxy) is 2. The Kier molecular flexibility index (Phi) is 2.70. The van der Waals surface area contributed by atoms with Crippen LogP contribution in [0.15, 0.2) is 12.2 Å². The van der Waals surface area contributed by atoms with Crippen LogP contribution in [-0.4, -0.2) is 26.2 Å². The molecule has 1 fully saturated rings. The zero-order chi connectivity index (χ0) is 10.0. The largest absolute Gasteiger partial charge is 0.469 e. The van der Waals surface area contributed by atoms with Crippen LogP contribution in [0.25, 0.3) is 0 Å². The molecule has 0 radical (unpaired) electrons. The number of carbonyl (C=O) groups excluding carboxylic acids is 2. The predicted octanol–water partition coefficient (Wildman–Crippen LogP) is 0.525. The van der Waals surface area contributed by atoms with Crippen LogP contribution in [0.3, 0.4) is 0 Å². The van der Waals surface area contributed by atoms with E-state index >= 15 is 0 Å². The van der Waals surface area contributed by atoms with Crippen molar-refractivity contribution in [2.45, 2.75) is 6.42 Å². The first kappa shape index (κ1) is 9.77. The molecule has 72 valence electrons. The average Bonchev–Trinajstić information content (AvgIpc) is 2.93. The lowest BCUT2D eigenvalue weighted by atomic mass is 10.1. The highest BCUT2D eigenvalue weighted by Gasteiger charge is 2.47. The molecule has 2 atom stereocenters. The normalized spacial score (nSPS) is 24.8. The Labute approximate surface area is 76.5 Å². The Morgan fingerprint density at radius 3 is 2.31 bits per heavy atom. The Balaban J connectivity index is 2.47. The number of carbonyl (C=O) groups is 2. The van der Waals surface area contributed by atoms with Crippen molar-refractivity contribution in [3.63, 3.8) is 0 Å². The number of methoxy groups -OCH3 is 2. The van der Waals surface area contributed by atoms with Gasteiger partial charge in [0.15, 0.2) is 0 Å². The Hall–Kier alpha value is -1.32. The van der Waals surface area contributed by atoms with Gasteiger partial charge in [-0.05, 0) is 6.42 Å². The molecule has 0 aromatic rings. The topological polar surface area (TPSA) is 52.6 Å². The van der Waals surface area contributed by atoms with Gasteiger partial charge >= 0.3 is 11.9 Å². The molecular formula is C9H12O4. The molecule has 0 aromatic heterocycles. The molecule has 1 rings (SSSR count). The maximum Gasteiger partial charge on any atom is 0.333 e. The van der Waals surface area contributed by atoms with Gasteiger partial charge in [0.1, 0.15) is 0 Å². The van der Waals surface area contributed by atoms with Crippen LogP contribution in [0.4, 0.5) is 0 Å². The van der Waals surface area contributed by atoms with Gasteiger partial charge in [-0.15, -0.1) is 0 Å². The number of hydrogen-bond acceptors (Lipinski definition) is 4. The summed E-state index contributed by atoms with van der Waals surface area (Å²) in [6.07, 6.45) is 0.639. The summed E-state index contributed by atoms with van der Waals surface area (Å²) in [5, 5.41) is 0. The lowest BCUT2D eigenvalue weighted by Crippen LogP contribution is -2.10. The third kappa shape index (κ3) is 1.88. The van der Waals surface area contributed by atoms with Crippen molar-refractivity contribution in [1.82, 2.24) is 0 Å². The van der Waals surface area contributed by atoms with Crippen LogP contribution < -0.4 is 0 Å². The van der Waals surface area contributed by atoms with E-state index in [1.807, 2.05) is 0 Å². The summed E-state index contributed by atoms with van der Waals surface area (Å²) in [6.45, 7) is 3.57. The monoisotopic (exact) mass is 184 g/mol. The minimum atomic E-state index is -0.448. The van der Waals surface area contributed by atoms with Crippen LogP contribution in [0.5, 0.6) is 0 Å². The molecule has 1 saturated carbocycles. The Morgan fingerprint density at radius 2 is 1.85 bits per heavy atom. The summed E-state index contributed by atoms with van der Waals surface area (Å²) < 4.78 is 9.02. The SMILES string of the molecule is C=C(C(=O)OC)[C@H]1C[C@@H]1C(=O)OC. The van der Waals surface area contributed by atoms with Crippen molar-refractivity contribution in [1.29, 1.82) is 0 Å². The van der Waals surface area contributed by atoms with Gasteiger partial charge in [-0.3, -0.25) is 4.79 Å². The highest BCUT2D eigenvalue weighted by Crippen LogP contribution is 2.44. The quantitative estimate of drug-likeness (QED) is 0.474. The summed E-state index contributed by atoms with van der Waals surface area (Å²) >= 11 is 0. The highest BCUT2D eigenvalue weighted by atomic mass is 16.5. The van der Waals surface area contributed by atoms with E-state index in [-0.39, 0.29) is 17.8 Å². The van der Waals surface area contributed by atoms with Gasteiger partial charge in [0.05, 0.1) is 20.1 Å². The lowest BCUT2D eigenvalue weighted by Gasteiger charge is -2.01. The number of rotatable bonds is 3. The summed E-state index contributed by atoms with van der Waals surface area (Å²) in [5.74, 6) is -1.01. The fraction of sp³-hybridized carbons (Fsp3) is 0.556. The van der Waals surface area contributed by atoms with E-state index in [0.717, 1.165) is 0 Å². The average molecular weight is 184 g/mol. The predicted molar refractivity (Wildman–Crippen MR) is 44.8 cm³/mol. The van der Waals surface area contributed by atoms with Gasteiger partial charge in [-0.25, -0.2) is 4.79 Å². The first-order valence-electron chi connectivity index (χ1n) is 3.96. The van der Waals surface area contributed by atoms with Gasteiger partial charge in [0, 0.05) is 11.5 Å². The van der Waals surface area contributed by atoms with E-state index in [1.54, 1.807) is 0 Å². The van der Waals surface area contributed by atoms with Crippen molar-refractivity contribution >= 4 is 11.9 Å². The molecule has 0 aromatic carbocycles. The first-order valence-corrected chi connectivity index (χ1v) is 3.96. The molecule has 0 amide bonds. The summed E-state index contributed by atoms with van der Waals surface area (Å²) in [7, 11) is 2.63. The fourth-order valence-electron chi connectivity index (χ4n) is 1.27. The molecule has 4 nitrogen and oxygen atoms in total. The molecular weight excluding hydrogens is 172 g/mol. The van der Waals surface area contributed by atoms with Gasteiger partial charge in [0.25, 0.3) is 0 Å². The fourth-order valence-corrected chi connectivity index (χ4v) is 1.27. The first-order chi connectivity index (χ1) is 6.11. The maximum atomic E-state index is 11.0. The molecule has 1 aliphatic carbocycles. The van der Waals surface area contributed by atoms with Gasteiger partial charge in [-0.1, -0.05) is 6.58 Å². The molecule has 0 bridgehead atoms. The van der Waals surface area contributed by atoms with Crippen LogP contribution in [0.2, 0.25) is 0 Å². The second-order valence-corrected chi connectivity index (χ2v) is 2.99. The lowest BCUT2D eigenvalue weighted by molar-refractivity contribution is -0.142. The minimum Gasteiger partial charge on any atom is -0.469 e. The zero-order valence-corrected chi connectivity index (χ0v) is 7.70. The second-order valence-electron chi connectivity index (χ2n) is 2.99. The van der Waals surface area contributed by atoms with Crippen LogP contribution >= 0.6 is 0 Å². The third-order valence-electron chi connectivity index (χ3n) is 2.19. The van der Waals surface area contributed by atoms with Crippen molar-refractivity contribution < 1.29 is 19.1 Å². The van der Waals surface area contributed by atoms with Gasteiger partial charge in [0.2, 0.25) is 0 Å². The maximum absolute atomic E-state index is 11.0. The minimum absolute atomic E-state index is 0.0834. The van der Waals surface area contributed by atoms with Crippen LogP contribution in [0, 0.1) is 11.8 Å².